The predicted molar refractivity (Wildman–Crippen MR) is 91.4 cm³/mol. The highest BCUT2D eigenvalue weighted by atomic mass is 35.5. The van der Waals surface area contributed by atoms with Gasteiger partial charge in [0, 0.05) is 42.3 Å². The van der Waals surface area contributed by atoms with Gasteiger partial charge in [-0.25, -0.2) is 0 Å². The second kappa shape index (κ2) is 7.02. The number of benzene rings is 1. The maximum atomic E-state index is 12.6. The summed E-state index contributed by atoms with van der Waals surface area (Å²) in [5.74, 6) is -0.648. The SMILES string of the molecule is CCNC(=O)c1cc(Cl)ccc1NC(=O)c1n[nH]c2c1CNCC2. The zero-order valence-electron chi connectivity index (χ0n) is 13.2. The normalized spacial score (nSPS) is 13.2. The number of rotatable bonds is 4. The summed E-state index contributed by atoms with van der Waals surface area (Å²) in [6, 6.07) is 4.77. The molecule has 24 heavy (non-hydrogen) atoms. The number of amides is 2. The van der Waals surface area contributed by atoms with Crippen molar-refractivity contribution in [2.24, 2.45) is 0 Å². The Bertz CT molecular complexity index is 787. The van der Waals surface area contributed by atoms with Gasteiger partial charge < -0.3 is 16.0 Å². The number of carbonyl (C=O) groups is 2. The van der Waals surface area contributed by atoms with Crippen molar-refractivity contribution in [3.8, 4) is 0 Å². The minimum atomic E-state index is -0.357. The minimum absolute atomic E-state index is 0.291. The number of aromatic amines is 1. The molecule has 1 aromatic heterocycles. The highest BCUT2D eigenvalue weighted by Gasteiger charge is 2.23. The molecule has 1 aromatic carbocycles. The molecule has 0 spiro atoms. The van der Waals surface area contributed by atoms with Gasteiger partial charge in [0.15, 0.2) is 5.69 Å². The molecule has 0 unspecified atom stereocenters. The van der Waals surface area contributed by atoms with E-state index in [-0.39, 0.29) is 11.8 Å². The lowest BCUT2D eigenvalue weighted by Crippen LogP contribution is -2.27. The molecule has 7 nitrogen and oxygen atoms in total. The molecule has 0 saturated heterocycles. The molecule has 1 aliphatic heterocycles. The molecule has 3 rings (SSSR count). The van der Waals surface area contributed by atoms with Crippen molar-refractivity contribution in [3.05, 3.63) is 45.7 Å². The van der Waals surface area contributed by atoms with E-state index < -0.39 is 0 Å². The molecule has 0 atom stereocenters. The zero-order valence-corrected chi connectivity index (χ0v) is 14.0. The Balaban J connectivity index is 1.87. The molecule has 126 valence electrons. The van der Waals surface area contributed by atoms with Crippen LogP contribution in [0, 0.1) is 0 Å². The Kier molecular flexibility index (Phi) is 4.82. The first-order chi connectivity index (χ1) is 11.6. The summed E-state index contributed by atoms with van der Waals surface area (Å²) in [5, 5.41) is 16.1. The van der Waals surface area contributed by atoms with E-state index in [1.54, 1.807) is 12.1 Å². The largest absolute Gasteiger partial charge is 0.352 e. The number of carbonyl (C=O) groups excluding carboxylic acids is 2. The van der Waals surface area contributed by atoms with Gasteiger partial charge in [-0.3, -0.25) is 14.7 Å². The number of nitrogens with zero attached hydrogens (tertiary/aromatic N) is 1. The molecule has 0 radical (unpaired) electrons. The smallest absolute Gasteiger partial charge is 0.276 e. The number of hydrogen-bond acceptors (Lipinski definition) is 4. The van der Waals surface area contributed by atoms with Crippen molar-refractivity contribution in [1.82, 2.24) is 20.8 Å². The maximum absolute atomic E-state index is 12.6. The molecule has 0 aliphatic carbocycles. The molecular weight excluding hydrogens is 330 g/mol. The van der Waals surface area contributed by atoms with E-state index in [0.717, 1.165) is 24.2 Å². The minimum Gasteiger partial charge on any atom is -0.352 e. The van der Waals surface area contributed by atoms with Crippen LogP contribution in [0.1, 0.15) is 39.0 Å². The fourth-order valence-electron chi connectivity index (χ4n) is 2.66. The number of H-pyrrole nitrogens is 1. The standard InChI is InChI=1S/C16H18ClN5O2/c1-2-19-15(23)10-7-9(17)3-4-12(10)20-16(24)14-11-8-18-6-5-13(11)21-22-14/h3-4,7,18H,2,5-6,8H2,1H3,(H,19,23)(H,20,24)(H,21,22). The van der Waals surface area contributed by atoms with E-state index >= 15 is 0 Å². The molecule has 0 fully saturated rings. The Hall–Kier alpha value is -2.38. The highest BCUT2D eigenvalue weighted by molar-refractivity contribution is 6.31. The van der Waals surface area contributed by atoms with Gasteiger partial charge in [-0.15, -0.1) is 0 Å². The average Bonchev–Trinajstić information content (AvgIpc) is 3.01. The van der Waals surface area contributed by atoms with E-state index in [1.807, 2.05) is 6.92 Å². The number of anilines is 1. The van der Waals surface area contributed by atoms with Crippen LogP contribution < -0.4 is 16.0 Å². The van der Waals surface area contributed by atoms with Gasteiger partial charge >= 0.3 is 0 Å². The number of hydrogen-bond donors (Lipinski definition) is 4. The van der Waals surface area contributed by atoms with Crippen LogP contribution in [0.25, 0.3) is 0 Å². The van der Waals surface area contributed by atoms with Crippen molar-refractivity contribution in [1.29, 1.82) is 0 Å². The molecule has 0 bridgehead atoms. The second-order valence-electron chi connectivity index (χ2n) is 5.46. The molecule has 4 N–H and O–H groups in total. The van der Waals surface area contributed by atoms with Gasteiger partial charge in [-0.2, -0.15) is 5.10 Å². The summed E-state index contributed by atoms with van der Waals surface area (Å²) in [5.41, 5.74) is 2.90. The average molecular weight is 348 g/mol. The second-order valence-corrected chi connectivity index (χ2v) is 5.90. The summed E-state index contributed by atoms with van der Waals surface area (Å²) in [6.07, 6.45) is 0.806. The van der Waals surface area contributed by atoms with Crippen molar-refractivity contribution < 1.29 is 9.59 Å². The predicted octanol–water partition coefficient (Wildman–Crippen LogP) is 1.71. The van der Waals surface area contributed by atoms with Crippen LogP contribution in [0.3, 0.4) is 0 Å². The molecular formula is C16H18ClN5O2. The third kappa shape index (κ3) is 3.27. The molecule has 2 heterocycles. The first kappa shape index (κ1) is 16.5. The van der Waals surface area contributed by atoms with Gasteiger partial charge in [0.1, 0.15) is 0 Å². The van der Waals surface area contributed by atoms with Gasteiger partial charge in [0.05, 0.1) is 11.3 Å². The topological polar surface area (TPSA) is 98.9 Å². The fraction of sp³-hybridized carbons (Fsp3) is 0.312. The van der Waals surface area contributed by atoms with Crippen molar-refractivity contribution in [3.63, 3.8) is 0 Å². The van der Waals surface area contributed by atoms with Crippen LogP contribution in [0.5, 0.6) is 0 Å². The summed E-state index contributed by atoms with van der Waals surface area (Å²) in [7, 11) is 0. The third-order valence-corrected chi connectivity index (χ3v) is 4.07. The number of halogens is 1. The van der Waals surface area contributed by atoms with Gasteiger partial charge in [0.2, 0.25) is 0 Å². The van der Waals surface area contributed by atoms with E-state index in [1.165, 1.54) is 6.07 Å². The lowest BCUT2D eigenvalue weighted by molar-refractivity contribution is 0.0956. The Morgan fingerprint density at radius 3 is 2.96 bits per heavy atom. The molecule has 0 saturated carbocycles. The summed E-state index contributed by atoms with van der Waals surface area (Å²) >= 11 is 5.97. The summed E-state index contributed by atoms with van der Waals surface area (Å²) < 4.78 is 0. The van der Waals surface area contributed by atoms with E-state index in [0.29, 0.717) is 35.1 Å². The number of fused-ring (bicyclic) bond motifs is 1. The van der Waals surface area contributed by atoms with Crippen LogP contribution in [-0.4, -0.2) is 35.1 Å². The monoisotopic (exact) mass is 347 g/mol. The molecule has 8 heteroatoms. The lowest BCUT2D eigenvalue weighted by atomic mass is 10.1. The molecule has 1 aliphatic rings. The van der Waals surface area contributed by atoms with E-state index in [9.17, 15) is 9.59 Å². The van der Waals surface area contributed by atoms with Gasteiger partial charge in [-0.1, -0.05) is 11.6 Å². The quantitative estimate of drug-likeness (QED) is 0.676. The summed E-state index contributed by atoms with van der Waals surface area (Å²) in [4.78, 5) is 24.7. The zero-order chi connectivity index (χ0) is 17.1. The maximum Gasteiger partial charge on any atom is 0.276 e. The third-order valence-electron chi connectivity index (χ3n) is 3.83. The summed E-state index contributed by atoms with van der Waals surface area (Å²) in [6.45, 7) is 3.76. The van der Waals surface area contributed by atoms with Crippen molar-refractivity contribution >= 4 is 29.1 Å². The molecule has 2 aromatic rings. The van der Waals surface area contributed by atoms with Crippen molar-refractivity contribution in [2.45, 2.75) is 19.9 Å². The van der Waals surface area contributed by atoms with Crippen LogP contribution in [0.15, 0.2) is 18.2 Å². The van der Waals surface area contributed by atoms with Crippen LogP contribution in [0.2, 0.25) is 5.02 Å². The van der Waals surface area contributed by atoms with Gasteiger partial charge in [-0.05, 0) is 25.1 Å². The Morgan fingerprint density at radius 1 is 1.33 bits per heavy atom. The van der Waals surface area contributed by atoms with Crippen LogP contribution in [-0.2, 0) is 13.0 Å². The van der Waals surface area contributed by atoms with Crippen molar-refractivity contribution in [2.75, 3.05) is 18.4 Å². The number of nitrogens with one attached hydrogen (secondary N) is 4. The van der Waals surface area contributed by atoms with Crippen LogP contribution in [0.4, 0.5) is 5.69 Å². The molecule has 2 amide bonds. The lowest BCUT2D eigenvalue weighted by Gasteiger charge is -2.14. The Morgan fingerprint density at radius 2 is 2.17 bits per heavy atom. The van der Waals surface area contributed by atoms with E-state index in [4.69, 9.17) is 11.6 Å². The highest BCUT2D eigenvalue weighted by Crippen LogP contribution is 2.22. The van der Waals surface area contributed by atoms with Crippen LogP contribution >= 0.6 is 11.6 Å². The first-order valence-corrected chi connectivity index (χ1v) is 8.14. The number of aromatic nitrogens is 2. The van der Waals surface area contributed by atoms with Gasteiger partial charge in [0.25, 0.3) is 11.8 Å². The fourth-order valence-corrected chi connectivity index (χ4v) is 2.84. The Labute approximate surface area is 144 Å². The van der Waals surface area contributed by atoms with E-state index in [2.05, 4.69) is 26.1 Å². The first-order valence-electron chi connectivity index (χ1n) is 7.76.